The largest absolute Gasteiger partial charge is 0.394 e. The number of guanidine groups is 1. The highest BCUT2D eigenvalue weighted by molar-refractivity contribution is 7.89. The third kappa shape index (κ3) is 10.1. The number of aliphatic imine (C=N–C) groups is 2. The van der Waals surface area contributed by atoms with Crippen LogP contribution < -0.4 is 5.32 Å². The number of ether oxygens (including phenoxy) is 1. The van der Waals surface area contributed by atoms with Crippen molar-refractivity contribution in [2.45, 2.75) is 51.5 Å². The Bertz CT molecular complexity index is 1040. The molecule has 194 valence electrons. The molecule has 35 heavy (non-hydrogen) atoms. The van der Waals surface area contributed by atoms with Gasteiger partial charge in [0.25, 0.3) is 15.9 Å². The van der Waals surface area contributed by atoms with E-state index in [4.69, 9.17) is 4.74 Å². The molecule has 0 aliphatic rings. The fourth-order valence-corrected chi connectivity index (χ4v) is 4.53. The van der Waals surface area contributed by atoms with Crippen LogP contribution in [-0.2, 0) is 14.8 Å². The number of aliphatic hydroxyl groups is 1. The van der Waals surface area contributed by atoms with Crippen molar-refractivity contribution in [3.63, 3.8) is 0 Å². The summed E-state index contributed by atoms with van der Waals surface area (Å²) in [6.07, 6.45) is 4.84. The minimum atomic E-state index is -4.17. The van der Waals surface area contributed by atoms with Crippen molar-refractivity contribution in [2.24, 2.45) is 15.4 Å². The Balaban J connectivity index is 3.20. The molecule has 10 heteroatoms. The maximum atomic E-state index is 13.4. The van der Waals surface area contributed by atoms with Crippen LogP contribution in [-0.4, -0.2) is 69.4 Å². The van der Waals surface area contributed by atoms with E-state index < -0.39 is 22.0 Å². The lowest BCUT2D eigenvalue weighted by molar-refractivity contribution is 0.0897. The average molecular weight is 507 g/mol. The zero-order valence-electron chi connectivity index (χ0n) is 21.3. The number of nitrogens with zero attached hydrogens (tertiary/aromatic N) is 3. The summed E-state index contributed by atoms with van der Waals surface area (Å²) < 4.78 is 32.8. The minimum Gasteiger partial charge on any atom is -0.394 e. The van der Waals surface area contributed by atoms with Crippen molar-refractivity contribution in [2.75, 3.05) is 27.0 Å². The number of amides is 1. The number of carbonyl (C=O) groups is 1. The van der Waals surface area contributed by atoms with Gasteiger partial charge in [-0.2, -0.15) is 0 Å². The van der Waals surface area contributed by atoms with Crippen LogP contribution in [0.1, 0.15) is 50.9 Å². The highest BCUT2D eigenvalue weighted by Gasteiger charge is 2.28. The molecule has 0 bridgehead atoms. The van der Waals surface area contributed by atoms with Crippen LogP contribution in [0.3, 0.4) is 0 Å². The summed E-state index contributed by atoms with van der Waals surface area (Å²) in [5, 5.41) is 12.4. The summed E-state index contributed by atoms with van der Waals surface area (Å²) in [5.41, 5.74) is 0.929. The summed E-state index contributed by atoms with van der Waals surface area (Å²) >= 11 is 0. The Morgan fingerprint density at radius 2 is 2.03 bits per heavy atom. The highest BCUT2D eigenvalue weighted by atomic mass is 32.2. The molecule has 0 fully saturated rings. The quantitative estimate of drug-likeness (QED) is 0.148. The SMILES string of the molecule is C=NC(=NCC/C=C\C(=C)C)N(COC)S(=O)(=O)c1cccc(C(=O)N[C@@H](CO)CC(C)(C)C)c1. The van der Waals surface area contributed by atoms with Crippen molar-refractivity contribution in [3.05, 3.63) is 54.1 Å². The molecule has 0 aliphatic carbocycles. The van der Waals surface area contributed by atoms with E-state index in [1.54, 1.807) is 0 Å². The van der Waals surface area contributed by atoms with E-state index >= 15 is 0 Å². The number of methoxy groups -OCH3 is 1. The summed E-state index contributed by atoms with van der Waals surface area (Å²) in [6.45, 7) is 14.8. The minimum absolute atomic E-state index is 0.111. The van der Waals surface area contributed by atoms with Gasteiger partial charge in [-0.1, -0.05) is 51.1 Å². The number of aliphatic hydroxyl groups excluding tert-OH is 1. The van der Waals surface area contributed by atoms with Crippen LogP contribution in [0.25, 0.3) is 0 Å². The van der Waals surface area contributed by atoms with Gasteiger partial charge in [0.2, 0.25) is 5.96 Å². The number of hydrogen-bond donors (Lipinski definition) is 2. The third-order valence-corrected chi connectivity index (χ3v) is 6.36. The Labute approximate surface area is 209 Å². The van der Waals surface area contributed by atoms with Gasteiger partial charge >= 0.3 is 0 Å². The van der Waals surface area contributed by atoms with Gasteiger partial charge in [-0.15, -0.1) is 0 Å². The molecule has 0 spiro atoms. The molecule has 0 saturated carbocycles. The normalized spacial score (nSPS) is 13.5. The van der Waals surface area contributed by atoms with Crippen LogP contribution >= 0.6 is 0 Å². The van der Waals surface area contributed by atoms with Crippen molar-refractivity contribution < 1.29 is 23.1 Å². The zero-order chi connectivity index (χ0) is 26.6. The van der Waals surface area contributed by atoms with E-state index in [9.17, 15) is 18.3 Å². The van der Waals surface area contributed by atoms with Crippen molar-refractivity contribution in [1.82, 2.24) is 9.62 Å². The first-order valence-corrected chi connectivity index (χ1v) is 12.7. The van der Waals surface area contributed by atoms with Gasteiger partial charge < -0.3 is 15.2 Å². The molecule has 2 N–H and O–H groups in total. The molecule has 0 saturated heterocycles. The molecular weight excluding hydrogens is 468 g/mol. The Hall–Kier alpha value is -2.82. The molecule has 0 aromatic heterocycles. The lowest BCUT2D eigenvalue weighted by Gasteiger charge is -2.25. The van der Waals surface area contributed by atoms with Gasteiger partial charge in [-0.25, -0.2) is 22.7 Å². The van der Waals surface area contributed by atoms with Gasteiger partial charge in [-0.3, -0.25) is 4.79 Å². The molecule has 0 aliphatic heterocycles. The van der Waals surface area contributed by atoms with Crippen molar-refractivity contribution >= 4 is 28.6 Å². The van der Waals surface area contributed by atoms with E-state index in [0.717, 1.165) is 9.88 Å². The summed E-state index contributed by atoms with van der Waals surface area (Å²) in [7, 11) is -2.81. The number of benzene rings is 1. The van der Waals surface area contributed by atoms with E-state index in [2.05, 4.69) is 28.6 Å². The number of rotatable bonds is 12. The first kappa shape index (κ1) is 30.2. The Morgan fingerprint density at radius 3 is 2.57 bits per heavy atom. The molecular formula is C25H38N4O5S. The number of carbonyl (C=O) groups excluding carboxylic acids is 1. The van der Waals surface area contributed by atoms with Crippen molar-refractivity contribution in [3.8, 4) is 0 Å². The van der Waals surface area contributed by atoms with Crippen LogP contribution in [0, 0.1) is 5.41 Å². The van der Waals surface area contributed by atoms with Gasteiger partial charge in [0.1, 0.15) is 6.73 Å². The lowest BCUT2D eigenvalue weighted by Crippen LogP contribution is -2.40. The Morgan fingerprint density at radius 1 is 1.34 bits per heavy atom. The molecule has 1 amide bonds. The smallest absolute Gasteiger partial charge is 0.268 e. The van der Waals surface area contributed by atoms with Gasteiger partial charge in [-0.05, 0) is 50.1 Å². The second-order valence-corrected chi connectivity index (χ2v) is 11.2. The molecule has 9 nitrogen and oxygen atoms in total. The van der Waals surface area contributed by atoms with Crippen LogP contribution in [0.5, 0.6) is 0 Å². The lowest BCUT2D eigenvalue weighted by atomic mass is 9.88. The topological polar surface area (TPSA) is 121 Å². The van der Waals surface area contributed by atoms with Gasteiger partial charge in [0.05, 0.1) is 17.5 Å². The number of nitrogens with one attached hydrogen (secondary N) is 1. The van der Waals surface area contributed by atoms with E-state index in [-0.39, 0.29) is 41.7 Å². The first-order valence-electron chi connectivity index (χ1n) is 11.2. The number of hydrogen-bond acceptors (Lipinski definition) is 6. The zero-order valence-corrected chi connectivity index (χ0v) is 22.1. The average Bonchev–Trinajstić information content (AvgIpc) is 2.78. The fourth-order valence-electron chi connectivity index (χ4n) is 3.18. The van der Waals surface area contributed by atoms with Gasteiger partial charge in [0, 0.05) is 19.2 Å². The van der Waals surface area contributed by atoms with Crippen LogP contribution in [0.15, 0.2) is 63.4 Å². The second-order valence-electron chi connectivity index (χ2n) is 9.29. The maximum absolute atomic E-state index is 13.4. The monoisotopic (exact) mass is 506 g/mol. The predicted molar refractivity (Wildman–Crippen MR) is 140 cm³/mol. The highest BCUT2D eigenvalue weighted by Crippen LogP contribution is 2.22. The number of sulfonamides is 1. The molecule has 0 heterocycles. The van der Waals surface area contributed by atoms with Crippen LogP contribution in [0.4, 0.5) is 0 Å². The van der Waals surface area contributed by atoms with Gasteiger partial charge in [0.15, 0.2) is 0 Å². The predicted octanol–water partition coefficient (Wildman–Crippen LogP) is 3.39. The fraction of sp³-hybridized carbons (Fsp3) is 0.480. The molecule has 1 atom stereocenters. The molecule has 1 aromatic carbocycles. The third-order valence-electron chi connectivity index (χ3n) is 4.66. The summed E-state index contributed by atoms with van der Waals surface area (Å²) in [4.78, 5) is 20.7. The van der Waals surface area contributed by atoms with E-state index in [0.29, 0.717) is 12.8 Å². The molecule has 1 aromatic rings. The summed E-state index contributed by atoms with van der Waals surface area (Å²) in [5.74, 6) is -0.598. The Kier molecular flexibility index (Phi) is 12.0. The standard InChI is InChI=1S/C25H38N4O5S/c1-19(2)11-8-9-14-27-24(26-6)29(18-34-7)35(32,33)22-13-10-12-20(15-22)23(31)28-21(17-30)16-25(3,4)5/h8,10-13,15,21,30H,1,6,9,14,16-18H2,2-5,7H3,(H,28,31)/b11-8-,27-24?/t21-/m1/s1. The van der Waals surface area contributed by atoms with E-state index in [1.165, 1.54) is 31.4 Å². The van der Waals surface area contributed by atoms with E-state index in [1.807, 2.05) is 39.8 Å². The van der Waals surface area contributed by atoms with Crippen LogP contribution in [0.2, 0.25) is 0 Å². The molecule has 0 radical (unpaired) electrons. The summed E-state index contributed by atoms with van der Waals surface area (Å²) in [6, 6.07) is 5.18. The first-order chi connectivity index (χ1) is 16.3. The van der Waals surface area contributed by atoms with Crippen molar-refractivity contribution in [1.29, 1.82) is 0 Å². The second kappa shape index (κ2) is 13.9. The maximum Gasteiger partial charge on any atom is 0.268 e. The molecule has 0 unspecified atom stereocenters. The molecule has 1 rings (SSSR count). The number of allylic oxidation sites excluding steroid dienone is 2.